The van der Waals surface area contributed by atoms with Gasteiger partial charge < -0.3 is 9.84 Å². The summed E-state index contributed by atoms with van der Waals surface area (Å²) in [7, 11) is 0. The van der Waals surface area contributed by atoms with Gasteiger partial charge in [0.25, 0.3) is 0 Å². The summed E-state index contributed by atoms with van der Waals surface area (Å²) in [4.78, 5) is 15.7. The molecule has 1 N–H and O–H groups in total. The number of pyridine rings is 1. The number of carbonyl (C=O) groups is 1. The maximum Gasteiger partial charge on any atom is 0.341 e. The Morgan fingerprint density at radius 2 is 2.37 bits per heavy atom. The minimum absolute atomic E-state index is 0.312. The summed E-state index contributed by atoms with van der Waals surface area (Å²) in [5.74, 6) is 0.0660. The average Bonchev–Trinajstić information content (AvgIpc) is 2.88. The van der Waals surface area contributed by atoms with E-state index in [1.165, 1.54) is 17.1 Å². The summed E-state index contributed by atoms with van der Waals surface area (Å²) in [5, 5.41) is 13.8. The molecule has 0 fully saturated rings. The molecule has 0 bridgehead atoms. The van der Waals surface area contributed by atoms with Crippen molar-refractivity contribution in [2.45, 2.75) is 20.0 Å². The van der Waals surface area contributed by atoms with E-state index in [1.807, 2.05) is 0 Å². The predicted octanol–water partition coefficient (Wildman–Crippen LogP) is 1.50. The monoisotopic (exact) mass is 261 g/mol. The van der Waals surface area contributed by atoms with Gasteiger partial charge in [-0.3, -0.25) is 0 Å². The number of aliphatic hydroxyl groups excluding tert-OH is 1. The SMILES string of the molecule is CCOC(=O)c1cnn(-c2ncccc2[C@H](C)O)c1. The van der Waals surface area contributed by atoms with Gasteiger partial charge in [-0.15, -0.1) is 0 Å². The zero-order chi connectivity index (χ0) is 13.8. The molecule has 0 saturated carbocycles. The van der Waals surface area contributed by atoms with E-state index in [9.17, 15) is 9.90 Å². The third kappa shape index (κ3) is 2.79. The lowest BCUT2D eigenvalue weighted by Crippen LogP contribution is -2.06. The molecule has 0 unspecified atom stereocenters. The Hall–Kier alpha value is -2.21. The highest BCUT2D eigenvalue weighted by Gasteiger charge is 2.14. The third-order valence-electron chi connectivity index (χ3n) is 2.58. The number of esters is 1. The number of hydrogen-bond donors (Lipinski definition) is 1. The number of aliphatic hydroxyl groups is 1. The molecule has 0 radical (unpaired) electrons. The second-order valence-electron chi connectivity index (χ2n) is 3.99. The van der Waals surface area contributed by atoms with Gasteiger partial charge in [-0.1, -0.05) is 6.07 Å². The van der Waals surface area contributed by atoms with Crippen molar-refractivity contribution < 1.29 is 14.6 Å². The maximum absolute atomic E-state index is 11.6. The third-order valence-corrected chi connectivity index (χ3v) is 2.58. The van der Waals surface area contributed by atoms with Crippen molar-refractivity contribution >= 4 is 5.97 Å². The lowest BCUT2D eigenvalue weighted by Gasteiger charge is -2.09. The van der Waals surface area contributed by atoms with E-state index in [0.717, 1.165) is 0 Å². The van der Waals surface area contributed by atoms with E-state index in [1.54, 1.807) is 32.2 Å². The maximum atomic E-state index is 11.6. The molecule has 2 aromatic heterocycles. The van der Waals surface area contributed by atoms with Gasteiger partial charge in [0.05, 0.1) is 24.5 Å². The molecule has 2 heterocycles. The highest BCUT2D eigenvalue weighted by atomic mass is 16.5. The van der Waals surface area contributed by atoms with Crippen LogP contribution >= 0.6 is 0 Å². The van der Waals surface area contributed by atoms with E-state index >= 15 is 0 Å². The lowest BCUT2D eigenvalue weighted by atomic mass is 10.1. The van der Waals surface area contributed by atoms with Crippen LogP contribution in [0.2, 0.25) is 0 Å². The summed E-state index contributed by atoms with van der Waals surface area (Å²) in [6.07, 6.45) is 3.89. The minimum atomic E-state index is -0.668. The Kier molecular flexibility index (Phi) is 3.91. The first kappa shape index (κ1) is 13.2. The first-order chi connectivity index (χ1) is 9.13. The van der Waals surface area contributed by atoms with Crippen molar-refractivity contribution in [1.29, 1.82) is 0 Å². The molecule has 0 spiro atoms. The fraction of sp³-hybridized carbons (Fsp3) is 0.308. The average molecular weight is 261 g/mol. The van der Waals surface area contributed by atoms with E-state index in [4.69, 9.17) is 4.74 Å². The van der Waals surface area contributed by atoms with Crippen molar-refractivity contribution in [3.05, 3.63) is 41.9 Å². The molecule has 6 heteroatoms. The van der Waals surface area contributed by atoms with Crippen LogP contribution in [-0.4, -0.2) is 32.4 Å². The standard InChI is InChI=1S/C13H15N3O3/c1-3-19-13(18)10-7-15-16(8-10)12-11(9(2)17)5-4-6-14-12/h4-9,17H,3H2,1-2H3/t9-/m0/s1. The van der Waals surface area contributed by atoms with Crippen LogP contribution in [0.15, 0.2) is 30.7 Å². The Morgan fingerprint density at radius 1 is 1.58 bits per heavy atom. The van der Waals surface area contributed by atoms with Crippen molar-refractivity contribution in [1.82, 2.24) is 14.8 Å². The molecule has 6 nitrogen and oxygen atoms in total. The van der Waals surface area contributed by atoms with Crippen LogP contribution in [-0.2, 0) is 4.74 Å². The first-order valence-corrected chi connectivity index (χ1v) is 5.98. The summed E-state index contributed by atoms with van der Waals surface area (Å²) < 4.78 is 6.35. The van der Waals surface area contributed by atoms with Gasteiger partial charge in [-0.25, -0.2) is 14.5 Å². The first-order valence-electron chi connectivity index (χ1n) is 5.98. The van der Waals surface area contributed by atoms with E-state index in [0.29, 0.717) is 23.6 Å². The molecule has 0 amide bonds. The number of ether oxygens (including phenoxy) is 1. The quantitative estimate of drug-likeness (QED) is 0.844. The molecule has 2 rings (SSSR count). The highest BCUT2D eigenvalue weighted by molar-refractivity contribution is 5.88. The van der Waals surface area contributed by atoms with Gasteiger partial charge in [-0.2, -0.15) is 5.10 Å². The number of rotatable bonds is 4. The van der Waals surface area contributed by atoms with Crippen LogP contribution in [0.4, 0.5) is 0 Å². The van der Waals surface area contributed by atoms with Crippen LogP contribution in [0, 0.1) is 0 Å². The summed E-state index contributed by atoms with van der Waals surface area (Å²) in [5.41, 5.74) is 0.991. The van der Waals surface area contributed by atoms with E-state index in [-0.39, 0.29) is 0 Å². The highest BCUT2D eigenvalue weighted by Crippen LogP contribution is 2.18. The Bertz CT molecular complexity index is 578. The second-order valence-corrected chi connectivity index (χ2v) is 3.99. The number of nitrogens with zero attached hydrogens (tertiary/aromatic N) is 3. The Balaban J connectivity index is 2.36. The van der Waals surface area contributed by atoms with E-state index < -0.39 is 12.1 Å². The van der Waals surface area contributed by atoms with Crippen molar-refractivity contribution in [2.24, 2.45) is 0 Å². The number of aromatic nitrogens is 3. The molecule has 0 aliphatic rings. The van der Waals surface area contributed by atoms with Crippen molar-refractivity contribution in [3.63, 3.8) is 0 Å². The molecule has 100 valence electrons. The largest absolute Gasteiger partial charge is 0.462 e. The Morgan fingerprint density at radius 3 is 3.05 bits per heavy atom. The number of hydrogen-bond acceptors (Lipinski definition) is 5. The molecule has 19 heavy (non-hydrogen) atoms. The minimum Gasteiger partial charge on any atom is -0.462 e. The van der Waals surface area contributed by atoms with Crippen molar-refractivity contribution in [2.75, 3.05) is 6.61 Å². The molecule has 1 atom stereocenters. The zero-order valence-electron chi connectivity index (χ0n) is 10.8. The molecular formula is C13H15N3O3. The van der Waals surface area contributed by atoms with Gasteiger partial charge >= 0.3 is 5.97 Å². The molecule has 2 aromatic rings. The second kappa shape index (κ2) is 5.62. The smallest absolute Gasteiger partial charge is 0.341 e. The lowest BCUT2D eigenvalue weighted by molar-refractivity contribution is 0.0526. The summed E-state index contributed by atoms with van der Waals surface area (Å²) >= 11 is 0. The fourth-order valence-corrected chi connectivity index (χ4v) is 1.69. The molecule has 0 aliphatic heterocycles. The number of carbonyl (C=O) groups excluding carboxylic acids is 1. The van der Waals surface area contributed by atoms with Gasteiger partial charge in [-0.05, 0) is 19.9 Å². The topological polar surface area (TPSA) is 77.2 Å². The van der Waals surface area contributed by atoms with E-state index in [2.05, 4.69) is 10.1 Å². The molecular weight excluding hydrogens is 246 g/mol. The van der Waals surface area contributed by atoms with Crippen LogP contribution in [0.1, 0.15) is 35.9 Å². The summed E-state index contributed by atoms with van der Waals surface area (Å²) in [6, 6.07) is 3.50. The van der Waals surface area contributed by atoms with Crippen LogP contribution in [0.25, 0.3) is 5.82 Å². The van der Waals surface area contributed by atoms with Gasteiger partial charge in [0, 0.05) is 18.0 Å². The molecule has 0 aliphatic carbocycles. The normalized spacial score (nSPS) is 12.2. The molecule has 0 saturated heterocycles. The van der Waals surface area contributed by atoms with Crippen molar-refractivity contribution in [3.8, 4) is 5.82 Å². The fourth-order valence-electron chi connectivity index (χ4n) is 1.69. The van der Waals surface area contributed by atoms with Crippen LogP contribution in [0.5, 0.6) is 0 Å². The Labute approximate surface area is 110 Å². The van der Waals surface area contributed by atoms with Gasteiger partial charge in [0.2, 0.25) is 0 Å². The molecule has 0 aromatic carbocycles. The van der Waals surface area contributed by atoms with Gasteiger partial charge in [0.1, 0.15) is 0 Å². The van der Waals surface area contributed by atoms with Crippen LogP contribution in [0.3, 0.4) is 0 Å². The van der Waals surface area contributed by atoms with Gasteiger partial charge in [0.15, 0.2) is 5.82 Å². The summed E-state index contributed by atoms with van der Waals surface area (Å²) in [6.45, 7) is 3.70. The zero-order valence-corrected chi connectivity index (χ0v) is 10.8. The van der Waals surface area contributed by atoms with Crippen LogP contribution < -0.4 is 0 Å². The predicted molar refractivity (Wildman–Crippen MR) is 67.9 cm³/mol.